The molecule has 19 heavy (non-hydrogen) atoms. The Kier molecular flexibility index (Phi) is 6.15. The molecule has 1 saturated heterocycles. The summed E-state index contributed by atoms with van der Waals surface area (Å²) < 4.78 is 0. The molecule has 0 aromatic rings. The summed E-state index contributed by atoms with van der Waals surface area (Å²) in [6.45, 7) is 4.21. The summed E-state index contributed by atoms with van der Waals surface area (Å²) in [6.07, 6.45) is 11.2. The van der Waals surface area contributed by atoms with Gasteiger partial charge in [-0.1, -0.05) is 39.0 Å². The predicted octanol–water partition coefficient (Wildman–Crippen LogP) is 2.85. The highest BCUT2D eigenvalue weighted by molar-refractivity contribution is 5.78. The van der Waals surface area contributed by atoms with E-state index in [-0.39, 0.29) is 5.92 Å². The zero-order chi connectivity index (χ0) is 13.5. The fraction of sp³-hybridized carbons (Fsp3) is 0.938. The fourth-order valence-corrected chi connectivity index (χ4v) is 3.46. The first-order valence-corrected chi connectivity index (χ1v) is 8.28. The number of carbonyl (C=O) groups is 1. The zero-order valence-electron chi connectivity index (χ0n) is 12.4. The Morgan fingerprint density at radius 1 is 1.05 bits per heavy atom. The van der Waals surface area contributed by atoms with Crippen molar-refractivity contribution in [1.29, 1.82) is 0 Å². The average Bonchev–Trinajstić information content (AvgIpc) is 2.37. The number of nitrogens with one attached hydrogen (secondary N) is 2. The van der Waals surface area contributed by atoms with Crippen molar-refractivity contribution in [2.75, 3.05) is 13.1 Å². The first-order chi connectivity index (χ1) is 9.27. The Balaban J connectivity index is 1.72. The van der Waals surface area contributed by atoms with E-state index in [1.54, 1.807) is 0 Å². The molecule has 0 spiro atoms. The Bertz CT molecular complexity index is 272. The molecule has 3 heteroatoms. The maximum atomic E-state index is 12.3. The van der Waals surface area contributed by atoms with Crippen LogP contribution in [0.2, 0.25) is 0 Å². The molecule has 3 nitrogen and oxygen atoms in total. The number of carbonyl (C=O) groups excluding carboxylic acids is 1. The minimum absolute atomic E-state index is 0.277. The van der Waals surface area contributed by atoms with E-state index in [1.807, 2.05) is 0 Å². The van der Waals surface area contributed by atoms with E-state index >= 15 is 0 Å². The lowest BCUT2D eigenvalue weighted by atomic mass is 9.90. The highest BCUT2D eigenvalue weighted by Gasteiger charge is 2.23. The van der Waals surface area contributed by atoms with Crippen LogP contribution in [0.15, 0.2) is 0 Å². The van der Waals surface area contributed by atoms with Gasteiger partial charge in [-0.2, -0.15) is 0 Å². The predicted molar refractivity (Wildman–Crippen MR) is 79.0 cm³/mol. The smallest absolute Gasteiger partial charge is 0.223 e. The van der Waals surface area contributed by atoms with Gasteiger partial charge in [-0.25, -0.2) is 0 Å². The van der Waals surface area contributed by atoms with Crippen molar-refractivity contribution >= 4 is 5.91 Å². The van der Waals surface area contributed by atoms with E-state index in [0.29, 0.717) is 17.9 Å². The average molecular weight is 266 g/mol. The molecule has 2 rings (SSSR count). The van der Waals surface area contributed by atoms with E-state index in [1.165, 1.54) is 44.9 Å². The van der Waals surface area contributed by atoms with Gasteiger partial charge in [0, 0.05) is 18.5 Å². The molecule has 2 fully saturated rings. The fourth-order valence-electron chi connectivity index (χ4n) is 3.46. The molecule has 1 aliphatic carbocycles. The third-order valence-corrected chi connectivity index (χ3v) is 4.90. The van der Waals surface area contributed by atoms with Gasteiger partial charge in [0.2, 0.25) is 5.91 Å². The number of hydrogen-bond donors (Lipinski definition) is 2. The molecule has 1 amide bonds. The van der Waals surface area contributed by atoms with Crippen molar-refractivity contribution in [3.8, 4) is 0 Å². The maximum Gasteiger partial charge on any atom is 0.223 e. The minimum Gasteiger partial charge on any atom is -0.354 e. The van der Waals surface area contributed by atoms with Gasteiger partial charge in [0.25, 0.3) is 0 Å². The lowest BCUT2D eigenvalue weighted by Crippen LogP contribution is -2.48. The molecule has 2 N–H and O–H groups in total. The van der Waals surface area contributed by atoms with Crippen molar-refractivity contribution in [3.63, 3.8) is 0 Å². The molecule has 110 valence electrons. The van der Waals surface area contributed by atoms with Crippen LogP contribution < -0.4 is 10.6 Å². The van der Waals surface area contributed by atoms with Crippen LogP contribution in [0.1, 0.15) is 64.7 Å². The lowest BCUT2D eigenvalue weighted by Gasteiger charge is -2.31. The second kappa shape index (κ2) is 7.88. The molecule has 2 unspecified atom stereocenters. The highest BCUT2D eigenvalue weighted by atomic mass is 16.1. The van der Waals surface area contributed by atoms with Gasteiger partial charge in [0.05, 0.1) is 0 Å². The van der Waals surface area contributed by atoms with E-state index < -0.39 is 0 Å². The monoisotopic (exact) mass is 266 g/mol. The van der Waals surface area contributed by atoms with Crippen molar-refractivity contribution < 1.29 is 4.79 Å². The van der Waals surface area contributed by atoms with Crippen molar-refractivity contribution in [3.05, 3.63) is 0 Å². The first kappa shape index (κ1) is 14.8. The molecule has 0 aromatic heterocycles. The maximum absolute atomic E-state index is 12.3. The first-order valence-electron chi connectivity index (χ1n) is 8.28. The highest BCUT2D eigenvalue weighted by Crippen LogP contribution is 2.22. The second-order valence-electron chi connectivity index (χ2n) is 6.47. The Labute approximate surface area is 117 Å². The summed E-state index contributed by atoms with van der Waals surface area (Å²) in [5.41, 5.74) is 0. The largest absolute Gasteiger partial charge is 0.354 e. The van der Waals surface area contributed by atoms with Crippen LogP contribution in [0.5, 0.6) is 0 Å². The molecular formula is C16H30N2O. The molecule has 2 aliphatic rings. The van der Waals surface area contributed by atoms with Crippen molar-refractivity contribution in [2.24, 2.45) is 11.8 Å². The quantitative estimate of drug-likeness (QED) is 0.824. The third-order valence-electron chi connectivity index (χ3n) is 4.90. The van der Waals surface area contributed by atoms with E-state index in [4.69, 9.17) is 0 Å². The van der Waals surface area contributed by atoms with Gasteiger partial charge < -0.3 is 10.6 Å². The van der Waals surface area contributed by atoms with Crippen LogP contribution in [-0.2, 0) is 4.79 Å². The Hall–Kier alpha value is -0.570. The number of rotatable bonds is 3. The summed E-state index contributed by atoms with van der Waals surface area (Å²) in [6, 6.07) is 0.478. The zero-order valence-corrected chi connectivity index (χ0v) is 12.4. The summed E-state index contributed by atoms with van der Waals surface area (Å²) in [7, 11) is 0. The van der Waals surface area contributed by atoms with Gasteiger partial charge in [0.15, 0.2) is 0 Å². The van der Waals surface area contributed by atoms with Crippen LogP contribution >= 0.6 is 0 Å². The van der Waals surface area contributed by atoms with Crippen molar-refractivity contribution in [2.45, 2.75) is 70.8 Å². The summed E-state index contributed by atoms with van der Waals surface area (Å²) >= 11 is 0. The summed E-state index contributed by atoms with van der Waals surface area (Å²) in [5.74, 6) is 1.27. The van der Waals surface area contributed by atoms with Gasteiger partial charge in [-0.05, 0) is 38.1 Å². The SMILES string of the molecule is CC1CCCNC1CNC(=O)C1CCCCCCC1. The minimum atomic E-state index is 0.277. The molecule has 1 saturated carbocycles. The molecular weight excluding hydrogens is 236 g/mol. The molecule has 0 radical (unpaired) electrons. The van der Waals surface area contributed by atoms with Crippen molar-refractivity contribution in [1.82, 2.24) is 10.6 Å². The van der Waals surface area contributed by atoms with Crippen LogP contribution in [0, 0.1) is 11.8 Å². The summed E-state index contributed by atoms with van der Waals surface area (Å²) in [5, 5.41) is 6.73. The van der Waals surface area contributed by atoms with Crippen LogP contribution in [0.3, 0.4) is 0 Å². The normalized spacial score (nSPS) is 30.4. The number of hydrogen-bond acceptors (Lipinski definition) is 2. The third kappa shape index (κ3) is 4.79. The van der Waals surface area contributed by atoms with Gasteiger partial charge in [0.1, 0.15) is 0 Å². The Morgan fingerprint density at radius 3 is 2.42 bits per heavy atom. The van der Waals surface area contributed by atoms with Crippen LogP contribution in [-0.4, -0.2) is 25.0 Å². The number of piperidine rings is 1. The van der Waals surface area contributed by atoms with Gasteiger partial charge in [-0.15, -0.1) is 0 Å². The van der Waals surface area contributed by atoms with E-state index in [9.17, 15) is 4.79 Å². The molecule has 0 bridgehead atoms. The molecule has 1 aliphatic heterocycles. The van der Waals surface area contributed by atoms with E-state index in [2.05, 4.69) is 17.6 Å². The Morgan fingerprint density at radius 2 is 1.74 bits per heavy atom. The van der Waals surface area contributed by atoms with Gasteiger partial charge in [-0.3, -0.25) is 4.79 Å². The van der Waals surface area contributed by atoms with Crippen LogP contribution in [0.4, 0.5) is 0 Å². The van der Waals surface area contributed by atoms with Gasteiger partial charge >= 0.3 is 0 Å². The molecule has 2 atom stereocenters. The second-order valence-corrected chi connectivity index (χ2v) is 6.47. The molecule has 0 aromatic carbocycles. The van der Waals surface area contributed by atoms with E-state index in [0.717, 1.165) is 25.9 Å². The molecule has 1 heterocycles. The topological polar surface area (TPSA) is 41.1 Å². The number of amides is 1. The van der Waals surface area contributed by atoms with Crippen LogP contribution in [0.25, 0.3) is 0 Å². The standard InChI is InChI=1S/C16H30N2O/c1-13-8-7-11-17-15(13)12-18-16(19)14-9-5-3-2-4-6-10-14/h13-15,17H,2-12H2,1H3,(H,18,19). The summed E-state index contributed by atoms with van der Waals surface area (Å²) in [4.78, 5) is 12.3. The lowest BCUT2D eigenvalue weighted by molar-refractivity contribution is -0.125.